The third-order valence-electron chi connectivity index (χ3n) is 2.87. The Morgan fingerprint density at radius 3 is 2.42 bits per heavy atom. The summed E-state index contributed by atoms with van der Waals surface area (Å²) in [6.07, 6.45) is 1.08. The molecule has 0 radical (unpaired) electrons. The molecule has 19 heavy (non-hydrogen) atoms. The minimum atomic E-state index is -0.543. The van der Waals surface area contributed by atoms with Gasteiger partial charge in [0.1, 0.15) is 5.75 Å². The highest BCUT2D eigenvalue weighted by atomic mass is 35.5. The summed E-state index contributed by atoms with van der Waals surface area (Å²) >= 11 is 6.12. The van der Waals surface area contributed by atoms with Gasteiger partial charge in [-0.15, -0.1) is 0 Å². The Kier molecular flexibility index (Phi) is 4.08. The molecule has 0 saturated carbocycles. The van der Waals surface area contributed by atoms with E-state index >= 15 is 0 Å². The zero-order chi connectivity index (χ0) is 14.0. The van der Waals surface area contributed by atoms with Crippen molar-refractivity contribution < 1.29 is 9.84 Å². The SMILES string of the molecule is Cc1cc(Oc2cc([C@H](C)O)ccn2)cc(C)c1Cl. The Morgan fingerprint density at radius 2 is 1.84 bits per heavy atom. The third-order valence-corrected chi connectivity index (χ3v) is 3.47. The highest BCUT2D eigenvalue weighted by Gasteiger charge is 2.07. The summed E-state index contributed by atoms with van der Waals surface area (Å²) in [5, 5.41) is 10.3. The molecule has 1 aromatic carbocycles. The lowest BCUT2D eigenvalue weighted by Crippen LogP contribution is -1.95. The van der Waals surface area contributed by atoms with Crippen molar-refractivity contribution in [3.8, 4) is 11.6 Å². The Hall–Kier alpha value is -1.58. The van der Waals surface area contributed by atoms with Crippen LogP contribution in [0.15, 0.2) is 30.5 Å². The largest absolute Gasteiger partial charge is 0.439 e. The van der Waals surface area contributed by atoms with E-state index in [1.165, 1.54) is 0 Å². The number of hydrogen-bond donors (Lipinski definition) is 1. The molecule has 100 valence electrons. The summed E-state index contributed by atoms with van der Waals surface area (Å²) in [5.41, 5.74) is 2.69. The van der Waals surface area contributed by atoms with E-state index in [0.717, 1.165) is 21.7 Å². The molecule has 1 N–H and O–H groups in total. The van der Waals surface area contributed by atoms with Gasteiger partial charge in [-0.25, -0.2) is 4.98 Å². The van der Waals surface area contributed by atoms with Gasteiger partial charge in [0.2, 0.25) is 5.88 Å². The Labute approximate surface area is 117 Å². The van der Waals surface area contributed by atoms with E-state index in [4.69, 9.17) is 16.3 Å². The lowest BCUT2D eigenvalue weighted by Gasteiger charge is -2.10. The molecule has 4 heteroatoms. The second-order valence-electron chi connectivity index (χ2n) is 4.58. The second-order valence-corrected chi connectivity index (χ2v) is 4.95. The molecule has 3 nitrogen and oxygen atoms in total. The van der Waals surface area contributed by atoms with Crippen molar-refractivity contribution in [2.24, 2.45) is 0 Å². The summed E-state index contributed by atoms with van der Waals surface area (Å²) in [7, 11) is 0. The van der Waals surface area contributed by atoms with Crippen LogP contribution in [0.4, 0.5) is 0 Å². The minimum Gasteiger partial charge on any atom is -0.439 e. The van der Waals surface area contributed by atoms with Crippen LogP contribution >= 0.6 is 11.6 Å². The predicted octanol–water partition coefficient (Wildman–Crippen LogP) is 4.20. The first-order valence-corrected chi connectivity index (χ1v) is 6.44. The predicted molar refractivity (Wildman–Crippen MR) is 75.9 cm³/mol. The van der Waals surface area contributed by atoms with E-state index in [0.29, 0.717) is 11.6 Å². The number of ether oxygens (including phenoxy) is 1. The van der Waals surface area contributed by atoms with Crippen molar-refractivity contribution in [2.45, 2.75) is 26.9 Å². The summed E-state index contributed by atoms with van der Waals surface area (Å²) in [6.45, 7) is 5.57. The van der Waals surface area contributed by atoms with E-state index in [9.17, 15) is 5.11 Å². The fourth-order valence-electron chi connectivity index (χ4n) is 1.83. The second kappa shape index (κ2) is 5.59. The highest BCUT2D eigenvalue weighted by molar-refractivity contribution is 6.32. The van der Waals surface area contributed by atoms with Crippen LogP contribution in [0.25, 0.3) is 0 Å². The number of aliphatic hydroxyl groups excluding tert-OH is 1. The highest BCUT2D eigenvalue weighted by Crippen LogP contribution is 2.29. The molecule has 0 unspecified atom stereocenters. The van der Waals surface area contributed by atoms with Crippen molar-refractivity contribution in [3.05, 3.63) is 52.2 Å². The van der Waals surface area contributed by atoms with Gasteiger partial charge in [0, 0.05) is 17.3 Å². The number of aryl methyl sites for hydroxylation is 2. The van der Waals surface area contributed by atoms with Crippen LogP contribution in [0.5, 0.6) is 11.6 Å². The molecule has 0 aliphatic carbocycles. The average Bonchev–Trinajstić information content (AvgIpc) is 2.36. The number of rotatable bonds is 3. The summed E-state index contributed by atoms with van der Waals surface area (Å²) in [6, 6.07) is 7.22. The number of pyridine rings is 1. The smallest absolute Gasteiger partial charge is 0.219 e. The first kappa shape index (κ1) is 13.8. The van der Waals surface area contributed by atoms with Crippen LogP contribution < -0.4 is 4.74 Å². The van der Waals surface area contributed by atoms with E-state index in [2.05, 4.69) is 4.98 Å². The Balaban J connectivity index is 2.28. The molecule has 0 aliphatic rings. The molecule has 2 aromatic rings. The molecule has 1 atom stereocenters. The molecule has 0 amide bonds. The molecular formula is C15H16ClNO2. The van der Waals surface area contributed by atoms with Gasteiger partial charge in [-0.1, -0.05) is 11.6 Å². The van der Waals surface area contributed by atoms with Gasteiger partial charge < -0.3 is 9.84 Å². The molecular weight excluding hydrogens is 262 g/mol. The molecule has 1 aromatic heterocycles. The van der Waals surface area contributed by atoms with E-state index in [1.54, 1.807) is 25.3 Å². The van der Waals surface area contributed by atoms with Crippen molar-refractivity contribution in [1.82, 2.24) is 4.98 Å². The number of hydrogen-bond acceptors (Lipinski definition) is 3. The first-order valence-electron chi connectivity index (χ1n) is 6.06. The normalized spacial score (nSPS) is 12.3. The molecule has 0 fully saturated rings. The Morgan fingerprint density at radius 1 is 1.21 bits per heavy atom. The average molecular weight is 278 g/mol. The van der Waals surface area contributed by atoms with Crippen molar-refractivity contribution in [1.29, 1.82) is 0 Å². The van der Waals surface area contributed by atoms with Crippen LogP contribution in [0.3, 0.4) is 0 Å². The van der Waals surface area contributed by atoms with Gasteiger partial charge >= 0.3 is 0 Å². The van der Waals surface area contributed by atoms with E-state index < -0.39 is 6.10 Å². The molecule has 0 spiro atoms. The maximum atomic E-state index is 9.54. The van der Waals surface area contributed by atoms with Crippen molar-refractivity contribution in [3.63, 3.8) is 0 Å². The number of nitrogens with zero attached hydrogens (tertiary/aromatic N) is 1. The monoisotopic (exact) mass is 277 g/mol. The summed E-state index contributed by atoms with van der Waals surface area (Å²) in [5.74, 6) is 1.15. The fourth-order valence-corrected chi connectivity index (χ4v) is 1.94. The minimum absolute atomic E-state index is 0.458. The van der Waals surface area contributed by atoms with Crippen LogP contribution in [0, 0.1) is 13.8 Å². The lowest BCUT2D eigenvalue weighted by atomic mass is 10.1. The van der Waals surface area contributed by atoms with Gasteiger partial charge in [0.25, 0.3) is 0 Å². The van der Waals surface area contributed by atoms with Gasteiger partial charge in [-0.05, 0) is 55.7 Å². The number of aromatic nitrogens is 1. The van der Waals surface area contributed by atoms with Gasteiger partial charge in [0.05, 0.1) is 6.10 Å². The summed E-state index contributed by atoms with van der Waals surface area (Å²) < 4.78 is 5.70. The van der Waals surface area contributed by atoms with Crippen LogP contribution in [-0.4, -0.2) is 10.1 Å². The molecule has 0 bridgehead atoms. The number of aliphatic hydroxyl groups is 1. The molecule has 1 heterocycles. The zero-order valence-corrected chi connectivity index (χ0v) is 11.9. The summed E-state index contributed by atoms with van der Waals surface area (Å²) in [4.78, 5) is 4.13. The standard InChI is InChI=1S/C15H16ClNO2/c1-9-6-13(7-10(2)15(9)16)19-14-8-12(11(3)18)4-5-17-14/h4-8,11,18H,1-3H3/t11-/m0/s1. The van der Waals surface area contributed by atoms with E-state index in [1.807, 2.05) is 26.0 Å². The first-order chi connectivity index (χ1) is 8.97. The van der Waals surface area contributed by atoms with Gasteiger partial charge in [-0.2, -0.15) is 0 Å². The van der Waals surface area contributed by atoms with Crippen LogP contribution in [-0.2, 0) is 0 Å². The zero-order valence-electron chi connectivity index (χ0n) is 11.1. The quantitative estimate of drug-likeness (QED) is 0.914. The maximum absolute atomic E-state index is 9.54. The lowest BCUT2D eigenvalue weighted by molar-refractivity contribution is 0.198. The van der Waals surface area contributed by atoms with E-state index in [-0.39, 0.29) is 0 Å². The van der Waals surface area contributed by atoms with Crippen LogP contribution in [0.2, 0.25) is 5.02 Å². The van der Waals surface area contributed by atoms with Gasteiger partial charge in [0.15, 0.2) is 0 Å². The third kappa shape index (κ3) is 3.25. The molecule has 0 aliphatic heterocycles. The molecule has 0 saturated heterocycles. The van der Waals surface area contributed by atoms with Gasteiger partial charge in [-0.3, -0.25) is 0 Å². The maximum Gasteiger partial charge on any atom is 0.219 e. The number of halogens is 1. The topological polar surface area (TPSA) is 42.4 Å². The Bertz CT molecular complexity index is 573. The van der Waals surface area contributed by atoms with Crippen molar-refractivity contribution in [2.75, 3.05) is 0 Å². The number of benzene rings is 1. The van der Waals surface area contributed by atoms with Crippen molar-refractivity contribution >= 4 is 11.6 Å². The van der Waals surface area contributed by atoms with Crippen LogP contribution in [0.1, 0.15) is 29.7 Å². The fraction of sp³-hybridized carbons (Fsp3) is 0.267. The molecule has 2 rings (SSSR count).